The van der Waals surface area contributed by atoms with E-state index in [4.69, 9.17) is 5.11 Å². The van der Waals surface area contributed by atoms with Crippen molar-refractivity contribution in [2.24, 2.45) is 11.8 Å². The van der Waals surface area contributed by atoms with Gasteiger partial charge in [-0.3, -0.25) is 0 Å². The van der Waals surface area contributed by atoms with Crippen molar-refractivity contribution < 1.29 is 9.90 Å². The van der Waals surface area contributed by atoms with Crippen LogP contribution in [0.3, 0.4) is 0 Å². The highest BCUT2D eigenvalue weighted by atomic mass is 16.4. The van der Waals surface area contributed by atoms with Gasteiger partial charge in [-0.15, -0.1) is 0 Å². The van der Waals surface area contributed by atoms with Crippen LogP contribution in [0.4, 0.5) is 0 Å². The van der Waals surface area contributed by atoms with E-state index in [0.717, 1.165) is 24.0 Å². The Balaban J connectivity index is 1.77. The third-order valence-electron chi connectivity index (χ3n) is 3.25. The topological polar surface area (TPSA) is 49.3 Å². The average Bonchev–Trinajstić information content (AvgIpc) is 2.99. The summed E-state index contributed by atoms with van der Waals surface area (Å²) < 4.78 is 0. The van der Waals surface area contributed by atoms with Crippen LogP contribution in [0.5, 0.6) is 0 Å². The van der Waals surface area contributed by atoms with Crippen LogP contribution in [0.2, 0.25) is 0 Å². The van der Waals surface area contributed by atoms with Gasteiger partial charge < -0.3 is 10.4 Å². The maximum Gasteiger partial charge on any atom is 0.328 e. The zero-order chi connectivity index (χ0) is 10.8. The lowest BCUT2D eigenvalue weighted by Gasteiger charge is -2.17. The number of nitrogens with one attached hydrogen (secondary N) is 1. The second-order valence-corrected chi connectivity index (χ2v) is 4.91. The van der Waals surface area contributed by atoms with Gasteiger partial charge in [0.1, 0.15) is 0 Å². The molecule has 84 valence electrons. The fourth-order valence-corrected chi connectivity index (χ4v) is 2.17. The summed E-state index contributed by atoms with van der Waals surface area (Å²) in [4.78, 5) is 10.4. The van der Waals surface area contributed by atoms with Crippen molar-refractivity contribution in [3.05, 3.63) is 11.6 Å². The van der Waals surface area contributed by atoms with E-state index in [1.807, 2.05) is 6.92 Å². The molecule has 15 heavy (non-hydrogen) atoms. The van der Waals surface area contributed by atoms with E-state index in [0.29, 0.717) is 6.04 Å². The molecule has 0 heterocycles. The van der Waals surface area contributed by atoms with Gasteiger partial charge in [0, 0.05) is 18.7 Å². The highest BCUT2D eigenvalue weighted by Crippen LogP contribution is 2.44. The van der Waals surface area contributed by atoms with E-state index in [1.165, 1.54) is 31.8 Å². The molecule has 0 atom stereocenters. The molecule has 0 unspecified atom stereocenters. The largest absolute Gasteiger partial charge is 0.478 e. The Morgan fingerprint density at radius 2 is 1.93 bits per heavy atom. The second-order valence-electron chi connectivity index (χ2n) is 4.91. The van der Waals surface area contributed by atoms with Gasteiger partial charge >= 0.3 is 5.97 Å². The van der Waals surface area contributed by atoms with Crippen LogP contribution < -0.4 is 5.32 Å². The predicted octanol–water partition coefficient (Wildman–Crippen LogP) is 1.80. The minimum Gasteiger partial charge on any atom is -0.478 e. The average molecular weight is 209 g/mol. The summed E-state index contributed by atoms with van der Waals surface area (Å²) in [7, 11) is 0. The molecule has 2 saturated carbocycles. The van der Waals surface area contributed by atoms with Crippen molar-refractivity contribution in [1.29, 1.82) is 0 Å². The van der Waals surface area contributed by atoms with E-state index in [-0.39, 0.29) is 0 Å². The number of rotatable bonds is 6. The van der Waals surface area contributed by atoms with Crippen LogP contribution in [0.25, 0.3) is 0 Å². The molecule has 0 amide bonds. The maximum absolute atomic E-state index is 10.4. The molecule has 0 aliphatic heterocycles. The molecule has 0 saturated heterocycles. The van der Waals surface area contributed by atoms with Gasteiger partial charge in [-0.2, -0.15) is 0 Å². The summed E-state index contributed by atoms with van der Waals surface area (Å²) in [6.07, 6.45) is 6.72. The standard InChI is InChI=1S/C12H19NO2/c1-8(6-11(14)15)7-13-12(9-2-3-9)10-4-5-10/h6,9-10,12-13H,2-5,7H2,1H3,(H,14,15). The summed E-state index contributed by atoms with van der Waals surface area (Å²) in [6.45, 7) is 2.60. The lowest BCUT2D eigenvalue weighted by Crippen LogP contribution is -2.34. The maximum atomic E-state index is 10.4. The summed E-state index contributed by atoms with van der Waals surface area (Å²) in [5, 5.41) is 12.1. The molecule has 0 aromatic carbocycles. The van der Waals surface area contributed by atoms with E-state index in [2.05, 4.69) is 5.32 Å². The summed E-state index contributed by atoms with van der Waals surface area (Å²) >= 11 is 0. The fourth-order valence-electron chi connectivity index (χ4n) is 2.17. The first-order chi connectivity index (χ1) is 7.16. The van der Waals surface area contributed by atoms with Gasteiger partial charge in [0.25, 0.3) is 0 Å². The normalized spacial score (nSPS) is 22.1. The van der Waals surface area contributed by atoms with Gasteiger partial charge in [-0.05, 0) is 44.4 Å². The molecule has 2 aliphatic rings. The Morgan fingerprint density at radius 1 is 1.40 bits per heavy atom. The molecule has 0 aromatic heterocycles. The van der Waals surface area contributed by atoms with Gasteiger partial charge in [0.2, 0.25) is 0 Å². The summed E-state index contributed by atoms with van der Waals surface area (Å²) in [5.41, 5.74) is 0.911. The Labute approximate surface area is 90.6 Å². The zero-order valence-corrected chi connectivity index (χ0v) is 9.20. The van der Waals surface area contributed by atoms with E-state index < -0.39 is 5.97 Å². The number of hydrogen-bond donors (Lipinski definition) is 2. The van der Waals surface area contributed by atoms with Crippen LogP contribution in [-0.4, -0.2) is 23.7 Å². The second kappa shape index (κ2) is 4.35. The van der Waals surface area contributed by atoms with E-state index >= 15 is 0 Å². The number of carboxylic acids is 1. The third-order valence-corrected chi connectivity index (χ3v) is 3.25. The minimum absolute atomic E-state index is 0.655. The molecule has 3 nitrogen and oxygen atoms in total. The molecule has 2 fully saturated rings. The van der Waals surface area contributed by atoms with Crippen molar-refractivity contribution in [1.82, 2.24) is 5.32 Å². The monoisotopic (exact) mass is 209 g/mol. The molecule has 2 N–H and O–H groups in total. The van der Waals surface area contributed by atoms with Crippen molar-refractivity contribution >= 4 is 5.97 Å². The molecule has 0 spiro atoms. The molecular weight excluding hydrogens is 190 g/mol. The van der Waals surface area contributed by atoms with Gasteiger partial charge in [0.15, 0.2) is 0 Å². The van der Waals surface area contributed by atoms with Crippen LogP contribution >= 0.6 is 0 Å². The van der Waals surface area contributed by atoms with Crippen LogP contribution in [0, 0.1) is 11.8 Å². The molecule has 3 heteroatoms. The smallest absolute Gasteiger partial charge is 0.328 e. The van der Waals surface area contributed by atoms with E-state index in [9.17, 15) is 4.79 Å². The Bertz CT molecular complexity index is 265. The van der Waals surface area contributed by atoms with Gasteiger partial charge in [0.05, 0.1) is 0 Å². The number of carbonyl (C=O) groups is 1. The highest BCUT2D eigenvalue weighted by Gasteiger charge is 2.40. The Morgan fingerprint density at radius 3 is 2.33 bits per heavy atom. The van der Waals surface area contributed by atoms with Gasteiger partial charge in [-0.25, -0.2) is 4.79 Å². The summed E-state index contributed by atoms with van der Waals surface area (Å²) in [5.74, 6) is 0.897. The summed E-state index contributed by atoms with van der Waals surface area (Å²) in [6, 6.07) is 0.655. The minimum atomic E-state index is -0.844. The number of aliphatic carboxylic acids is 1. The molecule has 0 aromatic rings. The molecular formula is C12H19NO2. The van der Waals surface area contributed by atoms with Crippen LogP contribution in [-0.2, 0) is 4.79 Å². The SMILES string of the molecule is CC(=CC(=O)O)CNC(C1CC1)C1CC1. The predicted molar refractivity (Wildman–Crippen MR) is 58.6 cm³/mol. The molecule has 2 rings (SSSR count). The van der Waals surface area contributed by atoms with Crippen LogP contribution in [0.15, 0.2) is 11.6 Å². The fraction of sp³-hybridized carbons (Fsp3) is 0.750. The number of hydrogen-bond acceptors (Lipinski definition) is 2. The van der Waals surface area contributed by atoms with E-state index in [1.54, 1.807) is 0 Å². The van der Waals surface area contributed by atoms with Gasteiger partial charge in [-0.1, -0.05) is 5.57 Å². The van der Waals surface area contributed by atoms with Crippen molar-refractivity contribution in [2.45, 2.75) is 38.6 Å². The number of carboxylic acid groups (broad SMARTS) is 1. The Hall–Kier alpha value is -0.830. The first kappa shape index (κ1) is 10.7. The highest BCUT2D eigenvalue weighted by molar-refractivity contribution is 5.80. The molecule has 0 bridgehead atoms. The first-order valence-corrected chi connectivity index (χ1v) is 5.80. The molecule has 0 radical (unpaired) electrons. The zero-order valence-electron chi connectivity index (χ0n) is 9.20. The van der Waals surface area contributed by atoms with Crippen molar-refractivity contribution in [3.63, 3.8) is 0 Å². The quantitative estimate of drug-likeness (QED) is 0.656. The lowest BCUT2D eigenvalue weighted by atomic mass is 10.1. The molecule has 2 aliphatic carbocycles. The third kappa shape index (κ3) is 3.34. The lowest BCUT2D eigenvalue weighted by molar-refractivity contribution is -0.131. The first-order valence-electron chi connectivity index (χ1n) is 5.80. The Kier molecular flexibility index (Phi) is 3.10. The van der Waals surface area contributed by atoms with Crippen molar-refractivity contribution in [3.8, 4) is 0 Å². The van der Waals surface area contributed by atoms with Crippen molar-refractivity contribution in [2.75, 3.05) is 6.54 Å². The van der Waals surface area contributed by atoms with Crippen LogP contribution in [0.1, 0.15) is 32.6 Å².